The SMILES string of the molecule is C=C.Cc1cccc(C2(N=C=O)CCC(=O)CC2)c1. The van der Waals surface area contributed by atoms with Crippen molar-refractivity contribution >= 4 is 11.9 Å². The van der Waals surface area contributed by atoms with Crippen LogP contribution in [0.15, 0.2) is 42.4 Å². The predicted octanol–water partition coefficient (Wildman–Crippen LogP) is 3.47. The van der Waals surface area contributed by atoms with Crippen molar-refractivity contribution in [3.63, 3.8) is 0 Å². The Labute approximate surface area is 114 Å². The number of nitrogens with zero attached hydrogens (tertiary/aromatic N) is 1. The van der Waals surface area contributed by atoms with E-state index in [0.29, 0.717) is 25.7 Å². The van der Waals surface area contributed by atoms with E-state index < -0.39 is 5.54 Å². The average molecular weight is 257 g/mol. The van der Waals surface area contributed by atoms with Crippen LogP contribution in [0.1, 0.15) is 36.8 Å². The Bertz CT molecular complexity index is 491. The molecular weight excluding hydrogens is 238 g/mol. The molecule has 0 spiro atoms. The molecule has 1 saturated carbocycles. The lowest BCUT2D eigenvalue weighted by Crippen LogP contribution is -2.30. The van der Waals surface area contributed by atoms with Gasteiger partial charge >= 0.3 is 0 Å². The Morgan fingerprint density at radius 3 is 2.42 bits per heavy atom. The minimum absolute atomic E-state index is 0.259. The summed E-state index contributed by atoms with van der Waals surface area (Å²) in [5.74, 6) is 0.259. The summed E-state index contributed by atoms with van der Waals surface area (Å²) in [5.41, 5.74) is 1.63. The standard InChI is InChI=1S/C14H15NO2.C2H4/c1-11-3-2-4-12(9-11)14(15-10-16)7-5-13(17)6-8-14;1-2/h2-4,9H,5-8H2,1H3;1-2H2. The van der Waals surface area contributed by atoms with Gasteiger partial charge in [-0.25, -0.2) is 4.79 Å². The van der Waals surface area contributed by atoms with Gasteiger partial charge in [-0.1, -0.05) is 29.8 Å². The number of rotatable bonds is 2. The van der Waals surface area contributed by atoms with E-state index in [2.05, 4.69) is 18.2 Å². The summed E-state index contributed by atoms with van der Waals surface area (Å²) in [5, 5.41) is 0. The molecule has 1 aliphatic rings. The van der Waals surface area contributed by atoms with Crippen LogP contribution in [0.5, 0.6) is 0 Å². The van der Waals surface area contributed by atoms with Crippen LogP contribution in [0, 0.1) is 6.92 Å². The van der Waals surface area contributed by atoms with E-state index in [-0.39, 0.29) is 5.78 Å². The van der Waals surface area contributed by atoms with Gasteiger partial charge < -0.3 is 0 Å². The molecule has 0 atom stereocenters. The first kappa shape index (κ1) is 15.1. The molecule has 19 heavy (non-hydrogen) atoms. The van der Waals surface area contributed by atoms with Gasteiger partial charge in [-0.05, 0) is 25.3 Å². The number of Topliss-reactive ketones (excluding diaryl/α,β-unsaturated/α-hetero) is 1. The highest BCUT2D eigenvalue weighted by atomic mass is 16.1. The Kier molecular flexibility index (Phi) is 5.40. The molecule has 1 fully saturated rings. The summed E-state index contributed by atoms with van der Waals surface area (Å²) < 4.78 is 0. The van der Waals surface area contributed by atoms with Crippen LogP contribution in [-0.2, 0) is 15.1 Å². The molecule has 0 bridgehead atoms. The molecule has 1 aliphatic carbocycles. The lowest BCUT2D eigenvalue weighted by molar-refractivity contribution is -0.121. The maximum atomic E-state index is 11.3. The molecule has 100 valence electrons. The lowest BCUT2D eigenvalue weighted by Gasteiger charge is -2.32. The Morgan fingerprint density at radius 2 is 1.89 bits per heavy atom. The molecule has 0 radical (unpaired) electrons. The highest BCUT2D eigenvalue weighted by Crippen LogP contribution is 2.39. The zero-order valence-corrected chi connectivity index (χ0v) is 11.3. The second-order valence-corrected chi connectivity index (χ2v) is 4.64. The van der Waals surface area contributed by atoms with Crippen LogP contribution in [0.25, 0.3) is 0 Å². The molecular formula is C16H19NO2. The van der Waals surface area contributed by atoms with Gasteiger partial charge in [-0.15, -0.1) is 13.2 Å². The fourth-order valence-electron chi connectivity index (χ4n) is 2.43. The van der Waals surface area contributed by atoms with E-state index in [1.54, 1.807) is 6.08 Å². The molecule has 3 nitrogen and oxygen atoms in total. The second-order valence-electron chi connectivity index (χ2n) is 4.64. The van der Waals surface area contributed by atoms with E-state index in [1.165, 1.54) is 0 Å². The monoisotopic (exact) mass is 257 g/mol. The fraction of sp³-hybridized carbons (Fsp3) is 0.375. The number of isocyanates is 1. The molecule has 0 N–H and O–H groups in total. The highest BCUT2D eigenvalue weighted by Gasteiger charge is 2.36. The topological polar surface area (TPSA) is 46.5 Å². The Morgan fingerprint density at radius 1 is 1.26 bits per heavy atom. The second kappa shape index (κ2) is 6.81. The molecule has 0 saturated heterocycles. The number of ketones is 1. The number of hydrogen-bond donors (Lipinski definition) is 0. The molecule has 3 heteroatoms. The minimum atomic E-state index is -0.526. The number of benzene rings is 1. The third kappa shape index (κ3) is 3.49. The van der Waals surface area contributed by atoms with E-state index in [0.717, 1.165) is 11.1 Å². The predicted molar refractivity (Wildman–Crippen MR) is 75.7 cm³/mol. The molecule has 0 unspecified atom stereocenters. The van der Waals surface area contributed by atoms with Crippen molar-refractivity contribution in [1.29, 1.82) is 0 Å². The normalized spacial score (nSPS) is 16.8. The van der Waals surface area contributed by atoms with Crippen molar-refractivity contribution in [3.05, 3.63) is 48.6 Å². The summed E-state index contributed by atoms with van der Waals surface area (Å²) in [6.45, 7) is 8.01. The Hall–Kier alpha value is -1.99. The van der Waals surface area contributed by atoms with Crippen molar-refractivity contribution in [1.82, 2.24) is 0 Å². The van der Waals surface area contributed by atoms with E-state index in [9.17, 15) is 9.59 Å². The van der Waals surface area contributed by atoms with Crippen LogP contribution < -0.4 is 0 Å². The number of aryl methyl sites for hydroxylation is 1. The number of carbonyl (C=O) groups excluding carboxylic acids is 2. The van der Waals surface area contributed by atoms with Gasteiger partial charge in [-0.2, -0.15) is 4.99 Å². The highest BCUT2D eigenvalue weighted by molar-refractivity contribution is 5.79. The third-order valence-corrected chi connectivity index (χ3v) is 3.45. The van der Waals surface area contributed by atoms with Crippen molar-refractivity contribution in [3.8, 4) is 0 Å². The molecule has 1 aromatic rings. The summed E-state index contributed by atoms with van der Waals surface area (Å²) in [6, 6.07) is 7.99. The number of hydrogen-bond acceptors (Lipinski definition) is 3. The Balaban J connectivity index is 0.000000861. The lowest BCUT2D eigenvalue weighted by atomic mass is 9.76. The quantitative estimate of drug-likeness (QED) is 0.462. The summed E-state index contributed by atoms with van der Waals surface area (Å²) in [7, 11) is 0. The van der Waals surface area contributed by atoms with Gasteiger partial charge in [0, 0.05) is 12.8 Å². The zero-order valence-electron chi connectivity index (χ0n) is 11.3. The van der Waals surface area contributed by atoms with Crippen LogP contribution in [-0.4, -0.2) is 11.9 Å². The van der Waals surface area contributed by atoms with Crippen molar-refractivity contribution in [2.75, 3.05) is 0 Å². The third-order valence-electron chi connectivity index (χ3n) is 3.45. The maximum absolute atomic E-state index is 11.3. The van der Waals surface area contributed by atoms with Gasteiger partial charge in [0.15, 0.2) is 0 Å². The summed E-state index contributed by atoms with van der Waals surface area (Å²) >= 11 is 0. The number of carbonyl (C=O) groups is 1. The molecule has 0 heterocycles. The van der Waals surface area contributed by atoms with Crippen LogP contribution in [0.3, 0.4) is 0 Å². The molecule has 0 aromatic heterocycles. The molecule has 0 aliphatic heterocycles. The van der Waals surface area contributed by atoms with Crippen molar-refractivity contribution in [2.45, 2.75) is 38.1 Å². The maximum Gasteiger partial charge on any atom is 0.235 e. The summed E-state index contributed by atoms with van der Waals surface area (Å²) in [6.07, 6.45) is 3.90. The minimum Gasteiger partial charge on any atom is -0.300 e. The first-order valence-corrected chi connectivity index (χ1v) is 6.34. The molecule has 0 amide bonds. The van der Waals surface area contributed by atoms with Crippen LogP contribution in [0.4, 0.5) is 0 Å². The molecule has 1 aromatic carbocycles. The van der Waals surface area contributed by atoms with Crippen molar-refractivity contribution in [2.24, 2.45) is 4.99 Å². The molecule has 2 rings (SSSR count). The van der Waals surface area contributed by atoms with E-state index >= 15 is 0 Å². The van der Waals surface area contributed by atoms with Gasteiger partial charge in [-0.3, -0.25) is 4.79 Å². The average Bonchev–Trinajstić information content (AvgIpc) is 2.44. The smallest absolute Gasteiger partial charge is 0.235 e. The first-order chi connectivity index (χ1) is 9.16. The largest absolute Gasteiger partial charge is 0.300 e. The van der Waals surface area contributed by atoms with E-state index in [4.69, 9.17) is 0 Å². The van der Waals surface area contributed by atoms with Crippen LogP contribution in [0.2, 0.25) is 0 Å². The van der Waals surface area contributed by atoms with Gasteiger partial charge in [0.05, 0.1) is 5.54 Å². The van der Waals surface area contributed by atoms with Crippen LogP contribution >= 0.6 is 0 Å². The summed E-state index contributed by atoms with van der Waals surface area (Å²) in [4.78, 5) is 26.0. The fourth-order valence-corrected chi connectivity index (χ4v) is 2.43. The number of aliphatic imine (C=N–C) groups is 1. The van der Waals surface area contributed by atoms with Gasteiger partial charge in [0.25, 0.3) is 0 Å². The zero-order chi connectivity index (χ0) is 14.3. The van der Waals surface area contributed by atoms with E-state index in [1.807, 2.05) is 31.2 Å². The van der Waals surface area contributed by atoms with Gasteiger partial charge in [0.1, 0.15) is 5.78 Å². The van der Waals surface area contributed by atoms with Gasteiger partial charge in [0.2, 0.25) is 6.08 Å². The first-order valence-electron chi connectivity index (χ1n) is 6.34. The van der Waals surface area contributed by atoms with Crippen molar-refractivity contribution < 1.29 is 9.59 Å².